The molecule has 0 fully saturated rings. The number of pyridine rings is 1. The van der Waals surface area contributed by atoms with Gasteiger partial charge < -0.3 is 4.52 Å². The number of nitrogens with zero attached hydrogens (tertiary/aromatic N) is 3. The first kappa shape index (κ1) is 14.7. The Morgan fingerprint density at radius 1 is 1.41 bits per heavy atom. The van der Waals surface area contributed by atoms with E-state index in [1.165, 1.54) is 23.1 Å². The average Bonchev–Trinajstić information content (AvgIpc) is 3.17. The molecule has 0 saturated heterocycles. The fourth-order valence-electron chi connectivity index (χ4n) is 1.76. The normalized spacial score (nSPS) is 10.6. The van der Waals surface area contributed by atoms with E-state index in [-0.39, 0.29) is 5.91 Å². The van der Waals surface area contributed by atoms with Gasteiger partial charge in [0.1, 0.15) is 10.8 Å². The summed E-state index contributed by atoms with van der Waals surface area (Å²) in [7, 11) is 0. The number of thioether (sulfide) groups is 1. The molecule has 0 spiro atoms. The monoisotopic (exact) mass is 332 g/mol. The highest BCUT2D eigenvalue weighted by Crippen LogP contribution is 2.25. The lowest BCUT2D eigenvalue weighted by Crippen LogP contribution is -2.13. The van der Waals surface area contributed by atoms with Crippen LogP contribution in [-0.4, -0.2) is 21.0 Å². The molecule has 8 heteroatoms. The van der Waals surface area contributed by atoms with Crippen molar-refractivity contribution in [3.63, 3.8) is 0 Å². The van der Waals surface area contributed by atoms with Crippen LogP contribution in [-0.2, 0) is 5.75 Å². The zero-order chi connectivity index (χ0) is 15.4. The number of rotatable bonds is 5. The second kappa shape index (κ2) is 6.71. The average molecular weight is 332 g/mol. The quantitative estimate of drug-likeness (QED) is 0.721. The van der Waals surface area contributed by atoms with E-state index in [4.69, 9.17) is 4.52 Å². The van der Waals surface area contributed by atoms with Crippen molar-refractivity contribution in [2.24, 2.45) is 0 Å². The molecule has 0 aliphatic heterocycles. The van der Waals surface area contributed by atoms with Crippen molar-refractivity contribution in [1.29, 1.82) is 0 Å². The van der Waals surface area contributed by atoms with E-state index in [1.54, 1.807) is 29.9 Å². The minimum atomic E-state index is -0.220. The largest absolute Gasteiger partial charge is 0.361 e. The molecule has 0 unspecified atom stereocenters. The number of aryl methyl sites for hydroxylation is 1. The van der Waals surface area contributed by atoms with Crippen molar-refractivity contribution in [1.82, 2.24) is 15.1 Å². The van der Waals surface area contributed by atoms with Gasteiger partial charge in [-0.25, -0.2) is 9.97 Å². The summed E-state index contributed by atoms with van der Waals surface area (Å²) in [6.45, 7) is 1.84. The van der Waals surface area contributed by atoms with Gasteiger partial charge in [0.15, 0.2) is 5.13 Å². The smallest absolute Gasteiger partial charge is 0.260 e. The second-order valence-electron chi connectivity index (χ2n) is 4.37. The van der Waals surface area contributed by atoms with E-state index in [1.807, 2.05) is 13.0 Å². The predicted octanol–water partition coefficient (Wildman–Crippen LogP) is 3.38. The van der Waals surface area contributed by atoms with Crippen LogP contribution in [0.3, 0.4) is 0 Å². The van der Waals surface area contributed by atoms with E-state index in [0.717, 1.165) is 11.5 Å². The number of carbonyl (C=O) groups is 1. The highest BCUT2D eigenvalue weighted by molar-refractivity contribution is 7.98. The molecule has 0 atom stereocenters. The first-order valence-electron chi connectivity index (χ1n) is 6.43. The molecule has 0 radical (unpaired) electrons. The summed E-state index contributed by atoms with van der Waals surface area (Å²) in [6.07, 6.45) is 3.31. The van der Waals surface area contributed by atoms with Gasteiger partial charge in [-0.05, 0) is 19.1 Å². The van der Waals surface area contributed by atoms with E-state index in [0.29, 0.717) is 21.5 Å². The molecule has 3 heterocycles. The van der Waals surface area contributed by atoms with E-state index in [9.17, 15) is 4.79 Å². The van der Waals surface area contributed by atoms with Crippen LogP contribution >= 0.6 is 23.1 Å². The molecular weight excluding hydrogens is 320 g/mol. The summed E-state index contributed by atoms with van der Waals surface area (Å²) in [4.78, 5) is 20.6. The molecular formula is C14H12N4O2S2. The Bertz CT molecular complexity index is 771. The van der Waals surface area contributed by atoms with Gasteiger partial charge in [-0.3, -0.25) is 10.1 Å². The summed E-state index contributed by atoms with van der Waals surface area (Å²) in [6, 6.07) is 5.35. The molecule has 0 aromatic carbocycles. The lowest BCUT2D eigenvalue weighted by Gasteiger charge is -2.06. The zero-order valence-corrected chi connectivity index (χ0v) is 13.3. The van der Waals surface area contributed by atoms with Crippen LogP contribution in [0, 0.1) is 6.92 Å². The maximum atomic E-state index is 12.3. The Hall–Kier alpha value is -2.19. The summed E-state index contributed by atoms with van der Waals surface area (Å²) >= 11 is 2.82. The number of carbonyl (C=O) groups excluding carboxylic acids is 1. The minimum absolute atomic E-state index is 0.220. The molecule has 3 aromatic rings. The lowest BCUT2D eigenvalue weighted by molar-refractivity contribution is 0.102. The third kappa shape index (κ3) is 3.52. The zero-order valence-electron chi connectivity index (χ0n) is 11.6. The van der Waals surface area contributed by atoms with Gasteiger partial charge in [0.05, 0.1) is 11.3 Å². The van der Waals surface area contributed by atoms with Gasteiger partial charge >= 0.3 is 0 Å². The lowest BCUT2D eigenvalue weighted by atomic mass is 10.3. The Labute approximate surface area is 135 Å². The van der Waals surface area contributed by atoms with Crippen LogP contribution in [0.2, 0.25) is 0 Å². The van der Waals surface area contributed by atoms with Crippen LogP contribution in [0.25, 0.3) is 0 Å². The number of nitrogens with one attached hydrogen (secondary N) is 1. The van der Waals surface area contributed by atoms with Crippen LogP contribution in [0.15, 0.2) is 45.5 Å². The predicted molar refractivity (Wildman–Crippen MR) is 85.1 cm³/mol. The fraction of sp³-hybridized carbons (Fsp3) is 0.143. The maximum Gasteiger partial charge on any atom is 0.260 e. The van der Waals surface area contributed by atoms with Crippen molar-refractivity contribution in [3.05, 3.63) is 53.0 Å². The number of amides is 1. The number of anilines is 1. The van der Waals surface area contributed by atoms with E-state index in [2.05, 4.69) is 20.4 Å². The number of thiazole rings is 1. The number of hydrogen-bond donors (Lipinski definition) is 1. The molecule has 0 aliphatic rings. The van der Waals surface area contributed by atoms with Crippen LogP contribution < -0.4 is 5.32 Å². The van der Waals surface area contributed by atoms with Gasteiger partial charge in [0.25, 0.3) is 5.91 Å². The molecule has 1 N–H and O–H groups in total. The number of aromatic nitrogens is 3. The molecule has 3 rings (SSSR count). The van der Waals surface area contributed by atoms with Gasteiger partial charge in [0.2, 0.25) is 0 Å². The molecule has 112 valence electrons. The van der Waals surface area contributed by atoms with Gasteiger partial charge in [0, 0.05) is 29.6 Å². The van der Waals surface area contributed by atoms with Crippen LogP contribution in [0.5, 0.6) is 0 Å². The second-order valence-corrected chi connectivity index (χ2v) is 6.22. The Kier molecular flexibility index (Phi) is 4.50. The third-order valence-electron chi connectivity index (χ3n) is 2.70. The van der Waals surface area contributed by atoms with Crippen molar-refractivity contribution < 1.29 is 9.32 Å². The summed E-state index contributed by atoms with van der Waals surface area (Å²) < 4.78 is 5.03. The first-order chi connectivity index (χ1) is 10.7. The van der Waals surface area contributed by atoms with Gasteiger partial charge in [-0.1, -0.05) is 16.9 Å². The van der Waals surface area contributed by atoms with Crippen molar-refractivity contribution >= 4 is 34.1 Å². The Morgan fingerprint density at radius 2 is 2.32 bits per heavy atom. The molecule has 1 amide bonds. The fourth-order valence-corrected chi connectivity index (χ4v) is 3.15. The summed E-state index contributed by atoms with van der Waals surface area (Å²) in [5.41, 5.74) is 1.34. The van der Waals surface area contributed by atoms with Gasteiger partial charge in [-0.2, -0.15) is 0 Å². The third-order valence-corrected chi connectivity index (χ3v) is 4.43. The highest BCUT2D eigenvalue weighted by atomic mass is 32.2. The number of hydrogen-bond acceptors (Lipinski definition) is 7. The summed E-state index contributed by atoms with van der Waals surface area (Å²) in [5.74, 6) is 1.13. The maximum absolute atomic E-state index is 12.3. The van der Waals surface area contributed by atoms with Crippen LogP contribution in [0.1, 0.15) is 21.8 Å². The molecule has 6 nitrogen and oxygen atoms in total. The minimum Gasteiger partial charge on any atom is -0.361 e. The van der Waals surface area contributed by atoms with E-state index >= 15 is 0 Å². The Balaban J connectivity index is 1.73. The Morgan fingerprint density at radius 3 is 3.05 bits per heavy atom. The molecule has 22 heavy (non-hydrogen) atoms. The SMILES string of the molecule is Cc1cc(CSc2ncccc2C(=O)Nc2nccs2)no1. The molecule has 0 aliphatic carbocycles. The first-order valence-corrected chi connectivity index (χ1v) is 8.30. The van der Waals surface area contributed by atoms with Crippen LogP contribution in [0.4, 0.5) is 5.13 Å². The van der Waals surface area contributed by atoms with E-state index < -0.39 is 0 Å². The topological polar surface area (TPSA) is 80.9 Å². The molecule has 0 bridgehead atoms. The highest BCUT2D eigenvalue weighted by Gasteiger charge is 2.14. The van der Waals surface area contributed by atoms with Crippen molar-refractivity contribution in [2.45, 2.75) is 17.7 Å². The molecule has 0 saturated carbocycles. The summed E-state index contributed by atoms with van der Waals surface area (Å²) in [5, 5.41) is 9.72. The van der Waals surface area contributed by atoms with Gasteiger partial charge in [-0.15, -0.1) is 11.3 Å². The standard InChI is InChI=1S/C14H12N4O2S2/c1-9-7-10(18-20-9)8-22-13-11(3-2-4-15-13)12(19)17-14-16-5-6-21-14/h2-7H,8H2,1H3,(H,16,17,19). The van der Waals surface area contributed by atoms with Crippen molar-refractivity contribution in [3.8, 4) is 0 Å². The molecule has 3 aromatic heterocycles. The van der Waals surface area contributed by atoms with Crippen molar-refractivity contribution in [2.75, 3.05) is 5.32 Å².